The molecule has 3 N–H and O–H groups in total. The summed E-state index contributed by atoms with van der Waals surface area (Å²) in [6, 6.07) is 7.76. The molecule has 7 heteroatoms. The smallest absolute Gasteiger partial charge is 0.325 e. The van der Waals surface area contributed by atoms with Gasteiger partial charge in [0.2, 0.25) is 5.91 Å². The van der Waals surface area contributed by atoms with E-state index in [9.17, 15) is 14.4 Å². The number of nitrogens with one attached hydrogen (secondary N) is 3. The third kappa shape index (κ3) is 3.99. The molecular formula is C18H22N4O3. The Morgan fingerprint density at radius 1 is 1.16 bits per heavy atom. The van der Waals surface area contributed by atoms with Gasteiger partial charge in [0.1, 0.15) is 0 Å². The van der Waals surface area contributed by atoms with Crippen LogP contribution in [0.2, 0.25) is 0 Å². The number of anilines is 2. The SMILES string of the molecule is Cc1[nH]c(=O)[nH]c(=O)c1CCC(=O)Nc1ccccc1N1CCCC1. The van der Waals surface area contributed by atoms with Gasteiger partial charge in [-0.1, -0.05) is 12.1 Å². The number of amides is 1. The summed E-state index contributed by atoms with van der Waals surface area (Å²) in [5, 5.41) is 2.94. The number of hydrogen-bond donors (Lipinski definition) is 3. The van der Waals surface area contributed by atoms with Crippen LogP contribution >= 0.6 is 0 Å². The van der Waals surface area contributed by atoms with Crippen molar-refractivity contribution in [1.82, 2.24) is 9.97 Å². The first-order valence-corrected chi connectivity index (χ1v) is 8.50. The van der Waals surface area contributed by atoms with Crippen LogP contribution < -0.4 is 21.5 Å². The van der Waals surface area contributed by atoms with E-state index in [1.165, 1.54) is 0 Å². The molecular weight excluding hydrogens is 320 g/mol. The number of rotatable bonds is 5. The first-order valence-electron chi connectivity index (χ1n) is 8.50. The van der Waals surface area contributed by atoms with Gasteiger partial charge in [-0.2, -0.15) is 0 Å². The molecule has 2 heterocycles. The Morgan fingerprint density at radius 2 is 1.88 bits per heavy atom. The molecule has 0 spiro atoms. The van der Waals surface area contributed by atoms with E-state index in [0.29, 0.717) is 11.3 Å². The fraction of sp³-hybridized carbons (Fsp3) is 0.389. The third-order valence-electron chi connectivity index (χ3n) is 4.48. The molecule has 132 valence electrons. The Kier molecular flexibility index (Phi) is 5.02. The fourth-order valence-corrected chi connectivity index (χ4v) is 3.19. The van der Waals surface area contributed by atoms with Crippen LogP contribution in [0.1, 0.15) is 30.5 Å². The van der Waals surface area contributed by atoms with Crippen LogP contribution in [-0.4, -0.2) is 29.0 Å². The van der Waals surface area contributed by atoms with Crippen molar-refractivity contribution in [3.05, 3.63) is 56.4 Å². The zero-order valence-electron chi connectivity index (χ0n) is 14.2. The number of aromatic amines is 2. The number of carbonyl (C=O) groups is 1. The first-order chi connectivity index (χ1) is 12.0. The normalized spacial score (nSPS) is 13.9. The van der Waals surface area contributed by atoms with Crippen LogP contribution in [0.15, 0.2) is 33.9 Å². The lowest BCUT2D eigenvalue weighted by Crippen LogP contribution is -2.28. The summed E-state index contributed by atoms with van der Waals surface area (Å²) < 4.78 is 0. The molecule has 1 saturated heterocycles. The van der Waals surface area contributed by atoms with Crippen LogP contribution in [0.4, 0.5) is 11.4 Å². The fourth-order valence-electron chi connectivity index (χ4n) is 3.19. The summed E-state index contributed by atoms with van der Waals surface area (Å²) >= 11 is 0. The second-order valence-corrected chi connectivity index (χ2v) is 6.27. The molecule has 2 aromatic rings. The van der Waals surface area contributed by atoms with Gasteiger partial charge >= 0.3 is 5.69 Å². The largest absolute Gasteiger partial charge is 0.370 e. The topological polar surface area (TPSA) is 98.1 Å². The van der Waals surface area contributed by atoms with Gasteiger partial charge in [-0.3, -0.25) is 14.6 Å². The number of aromatic nitrogens is 2. The van der Waals surface area contributed by atoms with E-state index in [2.05, 4.69) is 20.2 Å². The summed E-state index contributed by atoms with van der Waals surface area (Å²) in [4.78, 5) is 42.4. The van der Waals surface area contributed by atoms with E-state index in [4.69, 9.17) is 0 Å². The lowest BCUT2D eigenvalue weighted by Gasteiger charge is -2.21. The number of aryl methyl sites for hydroxylation is 1. The molecule has 0 unspecified atom stereocenters. The summed E-state index contributed by atoms with van der Waals surface area (Å²) in [5.41, 5.74) is 1.79. The van der Waals surface area contributed by atoms with E-state index < -0.39 is 11.2 Å². The van der Waals surface area contributed by atoms with Crippen molar-refractivity contribution in [2.24, 2.45) is 0 Å². The monoisotopic (exact) mass is 342 g/mol. The van der Waals surface area contributed by atoms with Crippen molar-refractivity contribution < 1.29 is 4.79 Å². The highest BCUT2D eigenvalue weighted by Crippen LogP contribution is 2.28. The molecule has 1 fully saturated rings. The van der Waals surface area contributed by atoms with Crippen LogP contribution in [-0.2, 0) is 11.2 Å². The second kappa shape index (κ2) is 7.38. The molecule has 0 aliphatic carbocycles. The molecule has 1 amide bonds. The quantitative estimate of drug-likeness (QED) is 0.768. The average molecular weight is 342 g/mol. The van der Waals surface area contributed by atoms with E-state index in [0.717, 1.165) is 37.3 Å². The number of carbonyl (C=O) groups excluding carboxylic acids is 1. The van der Waals surface area contributed by atoms with Gasteiger partial charge in [-0.25, -0.2) is 4.79 Å². The van der Waals surface area contributed by atoms with Crippen LogP contribution in [0, 0.1) is 6.92 Å². The summed E-state index contributed by atoms with van der Waals surface area (Å²) in [5.74, 6) is -0.156. The Morgan fingerprint density at radius 3 is 2.60 bits per heavy atom. The Bertz CT molecular complexity index is 878. The summed E-state index contributed by atoms with van der Waals surface area (Å²) in [7, 11) is 0. The van der Waals surface area contributed by atoms with Gasteiger partial charge < -0.3 is 15.2 Å². The third-order valence-corrected chi connectivity index (χ3v) is 4.48. The van der Waals surface area contributed by atoms with E-state index >= 15 is 0 Å². The Balaban J connectivity index is 1.68. The van der Waals surface area contributed by atoms with Gasteiger partial charge in [0.05, 0.1) is 11.4 Å². The van der Waals surface area contributed by atoms with Gasteiger partial charge in [-0.15, -0.1) is 0 Å². The Hall–Kier alpha value is -2.83. The zero-order chi connectivity index (χ0) is 17.8. The van der Waals surface area contributed by atoms with Gasteiger partial charge in [-0.05, 0) is 38.3 Å². The van der Waals surface area contributed by atoms with Crippen LogP contribution in [0.3, 0.4) is 0 Å². The molecule has 1 aromatic heterocycles. The minimum Gasteiger partial charge on any atom is -0.370 e. The highest BCUT2D eigenvalue weighted by Gasteiger charge is 2.17. The number of para-hydroxylation sites is 2. The van der Waals surface area contributed by atoms with Gasteiger partial charge in [0.25, 0.3) is 5.56 Å². The predicted molar refractivity (Wildman–Crippen MR) is 97.3 cm³/mol. The first kappa shape index (κ1) is 17.0. The molecule has 0 saturated carbocycles. The van der Waals surface area contributed by atoms with Crippen molar-refractivity contribution >= 4 is 17.3 Å². The molecule has 7 nitrogen and oxygen atoms in total. The molecule has 0 bridgehead atoms. The number of H-pyrrole nitrogens is 2. The minimum atomic E-state index is -0.532. The maximum Gasteiger partial charge on any atom is 0.325 e. The molecule has 0 radical (unpaired) electrons. The maximum atomic E-state index is 12.3. The molecule has 1 aromatic carbocycles. The van der Waals surface area contributed by atoms with Crippen LogP contribution in [0.25, 0.3) is 0 Å². The lowest BCUT2D eigenvalue weighted by atomic mass is 10.1. The summed E-state index contributed by atoms with van der Waals surface area (Å²) in [6.07, 6.45) is 2.77. The lowest BCUT2D eigenvalue weighted by molar-refractivity contribution is -0.116. The molecule has 25 heavy (non-hydrogen) atoms. The van der Waals surface area contributed by atoms with Crippen LogP contribution in [0.5, 0.6) is 0 Å². The number of hydrogen-bond acceptors (Lipinski definition) is 4. The van der Waals surface area contributed by atoms with Crippen molar-refractivity contribution in [3.8, 4) is 0 Å². The van der Waals surface area contributed by atoms with Crippen molar-refractivity contribution in [3.63, 3.8) is 0 Å². The van der Waals surface area contributed by atoms with Crippen molar-refractivity contribution in [2.75, 3.05) is 23.3 Å². The minimum absolute atomic E-state index is 0.156. The highest BCUT2D eigenvalue weighted by molar-refractivity contribution is 5.94. The van der Waals surface area contributed by atoms with E-state index in [1.54, 1.807) is 6.92 Å². The predicted octanol–water partition coefficient (Wildman–Crippen LogP) is 1.54. The van der Waals surface area contributed by atoms with Crippen molar-refractivity contribution in [1.29, 1.82) is 0 Å². The van der Waals surface area contributed by atoms with Gasteiger partial charge in [0, 0.05) is 30.8 Å². The second-order valence-electron chi connectivity index (χ2n) is 6.27. The molecule has 0 atom stereocenters. The summed E-state index contributed by atoms with van der Waals surface area (Å²) in [6.45, 7) is 3.66. The standard InChI is InChI=1S/C18H22N4O3/c1-12-13(17(24)21-18(25)19-12)8-9-16(23)20-14-6-2-3-7-15(14)22-10-4-5-11-22/h2-3,6-7H,4-5,8-11H2,1H3,(H,20,23)(H2,19,21,24,25). The number of nitrogens with zero attached hydrogens (tertiary/aromatic N) is 1. The number of benzene rings is 1. The Labute approximate surface area is 145 Å². The highest BCUT2D eigenvalue weighted by atomic mass is 16.2. The average Bonchev–Trinajstić information content (AvgIpc) is 3.08. The molecule has 1 aliphatic rings. The maximum absolute atomic E-state index is 12.3. The van der Waals surface area contributed by atoms with E-state index in [-0.39, 0.29) is 18.7 Å². The molecule has 3 rings (SSSR count). The van der Waals surface area contributed by atoms with Gasteiger partial charge in [0.15, 0.2) is 0 Å². The van der Waals surface area contributed by atoms with E-state index in [1.807, 2.05) is 24.3 Å². The zero-order valence-corrected chi connectivity index (χ0v) is 14.2. The van der Waals surface area contributed by atoms with Crippen molar-refractivity contribution in [2.45, 2.75) is 32.6 Å². The molecule has 1 aliphatic heterocycles.